The van der Waals surface area contributed by atoms with Gasteiger partial charge < -0.3 is 15.1 Å². The third kappa shape index (κ3) is 4.71. The van der Waals surface area contributed by atoms with Crippen LogP contribution in [0, 0.1) is 6.92 Å². The van der Waals surface area contributed by atoms with E-state index in [9.17, 15) is 4.79 Å². The van der Waals surface area contributed by atoms with E-state index in [1.54, 1.807) is 4.90 Å². The van der Waals surface area contributed by atoms with Gasteiger partial charge in [0.15, 0.2) is 0 Å². The molecule has 2 aromatic carbocycles. The number of amides is 1. The van der Waals surface area contributed by atoms with E-state index in [1.807, 2.05) is 24.3 Å². The van der Waals surface area contributed by atoms with Gasteiger partial charge in [-0.1, -0.05) is 60.2 Å². The predicted molar refractivity (Wildman–Crippen MR) is 116 cm³/mol. The Hall–Kier alpha value is -3.41. The number of anilines is 2. The molecule has 1 amide bonds. The second kappa shape index (κ2) is 8.73. The Balaban J connectivity index is 1.60. The summed E-state index contributed by atoms with van der Waals surface area (Å²) in [5, 5.41) is 3.45. The molecule has 4 rings (SSSR count). The molecule has 0 unspecified atom stereocenters. The minimum Gasteiger partial charge on any atom is -0.366 e. The SMILES string of the molecule is Cc1cccc(CNc2cc(-c3ccccc3)nc(N3CCN(C=O)CC3)n2)c1. The van der Waals surface area contributed by atoms with Gasteiger partial charge in [-0.05, 0) is 12.5 Å². The highest BCUT2D eigenvalue weighted by Gasteiger charge is 2.19. The molecule has 0 spiro atoms. The zero-order valence-corrected chi connectivity index (χ0v) is 16.6. The fraction of sp³-hybridized carbons (Fsp3) is 0.261. The zero-order valence-electron chi connectivity index (χ0n) is 16.6. The molecule has 0 radical (unpaired) electrons. The molecule has 0 bridgehead atoms. The Kier molecular flexibility index (Phi) is 5.70. The van der Waals surface area contributed by atoms with E-state index < -0.39 is 0 Å². The van der Waals surface area contributed by atoms with Crippen LogP contribution in [0.4, 0.5) is 11.8 Å². The number of rotatable bonds is 6. The standard InChI is InChI=1S/C23H25N5O/c1-18-6-5-7-19(14-18)16-24-22-15-21(20-8-3-2-4-9-20)25-23(26-22)28-12-10-27(17-29)11-13-28/h2-9,14-15,17H,10-13,16H2,1H3,(H,24,25,26). The first-order valence-corrected chi connectivity index (χ1v) is 9.89. The summed E-state index contributed by atoms with van der Waals surface area (Å²) in [6.45, 7) is 5.63. The molecule has 1 N–H and O–H groups in total. The first-order valence-electron chi connectivity index (χ1n) is 9.89. The number of benzene rings is 2. The molecule has 0 atom stereocenters. The first kappa shape index (κ1) is 18.9. The average molecular weight is 387 g/mol. The minimum atomic E-state index is 0.689. The lowest BCUT2D eigenvalue weighted by molar-refractivity contribution is -0.118. The lowest BCUT2D eigenvalue weighted by atomic mass is 10.1. The van der Waals surface area contributed by atoms with E-state index in [0.717, 1.165) is 36.6 Å². The summed E-state index contributed by atoms with van der Waals surface area (Å²) in [5.74, 6) is 1.50. The number of aromatic nitrogens is 2. The fourth-order valence-electron chi connectivity index (χ4n) is 3.47. The molecule has 1 aliphatic heterocycles. The summed E-state index contributed by atoms with van der Waals surface area (Å²) in [4.78, 5) is 24.5. The van der Waals surface area contributed by atoms with Crippen LogP contribution in [0.3, 0.4) is 0 Å². The largest absolute Gasteiger partial charge is 0.366 e. The molecule has 1 saturated heterocycles. The molecule has 1 aromatic heterocycles. The number of hydrogen-bond donors (Lipinski definition) is 1. The van der Waals surface area contributed by atoms with E-state index >= 15 is 0 Å². The van der Waals surface area contributed by atoms with Gasteiger partial charge in [0.25, 0.3) is 0 Å². The molecule has 0 aliphatic carbocycles. The van der Waals surface area contributed by atoms with Crippen molar-refractivity contribution in [1.29, 1.82) is 0 Å². The third-order valence-corrected chi connectivity index (χ3v) is 5.09. The molecule has 1 fully saturated rings. The number of carbonyl (C=O) groups excluding carboxylic acids is 1. The van der Waals surface area contributed by atoms with Gasteiger partial charge in [0.1, 0.15) is 5.82 Å². The number of aryl methyl sites for hydroxylation is 1. The Morgan fingerprint density at radius 3 is 2.48 bits per heavy atom. The molecule has 148 valence electrons. The zero-order chi connectivity index (χ0) is 20.1. The van der Waals surface area contributed by atoms with Gasteiger partial charge in [-0.15, -0.1) is 0 Å². The van der Waals surface area contributed by atoms with Gasteiger partial charge in [-0.25, -0.2) is 4.98 Å². The Morgan fingerprint density at radius 2 is 1.76 bits per heavy atom. The van der Waals surface area contributed by atoms with Crippen molar-refractivity contribution >= 4 is 18.2 Å². The number of nitrogens with one attached hydrogen (secondary N) is 1. The van der Waals surface area contributed by atoms with Crippen molar-refractivity contribution in [3.05, 3.63) is 71.8 Å². The van der Waals surface area contributed by atoms with Crippen molar-refractivity contribution in [1.82, 2.24) is 14.9 Å². The van der Waals surface area contributed by atoms with Crippen LogP contribution in [0.5, 0.6) is 0 Å². The molecule has 2 heterocycles. The molecular formula is C23H25N5O. The number of hydrogen-bond acceptors (Lipinski definition) is 5. The Morgan fingerprint density at radius 1 is 0.966 bits per heavy atom. The first-order chi connectivity index (χ1) is 14.2. The molecular weight excluding hydrogens is 362 g/mol. The van der Waals surface area contributed by atoms with Gasteiger partial charge in [-0.2, -0.15) is 4.98 Å². The quantitative estimate of drug-likeness (QED) is 0.658. The van der Waals surface area contributed by atoms with Crippen LogP contribution in [-0.2, 0) is 11.3 Å². The molecule has 1 aliphatic rings. The van der Waals surface area contributed by atoms with Crippen LogP contribution in [0.15, 0.2) is 60.7 Å². The normalized spacial score (nSPS) is 14.0. The average Bonchev–Trinajstić information content (AvgIpc) is 2.78. The van der Waals surface area contributed by atoms with E-state index in [4.69, 9.17) is 9.97 Å². The highest BCUT2D eigenvalue weighted by atomic mass is 16.1. The summed E-state index contributed by atoms with van der Waals surface area (Å²) in [5.41, 5.74) is 4.40. The van der Waals surface area contributed by atoms with E-state index in [0.29, 0.717) is 25.6 Å². The molecule has 0 saturated carbocycles. The summed E-state index contributed by atoms with van der Waals surface area (Å²) in [7, 11) is 0. The van der Waals surface area contributed by atoms with Crippen molar-refractivity contribution in [3.63, 3.8) is 0 Å². The Labute approximate surface area is 171 Å². The number of carbonyl (C=O) groups is 1. The van der Waals surface area contributed by atoms with Crippen LogP contribution in [0.25, 0.3) is 11.3 Å². The molecule has 6 heteroatoms. The summed E-state index contributed by atoms with van der Waals surface area (Å²) in [6, 6.07) is 20.6. The third-order valence-electron chi connectivity index (χ3n) is 5.09. The predicted octanol–water partition coefficient (Wildman–Crippen LogP) is 3.34. The van der Waals surface area contributed by atoms with Gasteiger partial charge in [0.05, 0.1) is 5.69 Å². The van der Waals surface area contributed by atoms with Crippen LogP contribution in [-0.4, -0.2) is 47.5 Å². The van der Waals surface area contributed by atoms with Gasteiger partial charge in [-0.3, -0.25) is 4.79 Å². The molecule has 6 nitrogen and oxygen atoms in total. The van der Waals surface area contributed by atoms with Crippen LogP contribution >= 0.6 is 0 Å². The van der Waals surface area contributed by atoms with Gasteiger partial charge >= 0.3 is 0 Å². The second-order valence-electron chi connectivity index (χ2n) is 7.28. The molecule has 3 aromatic rings. The summed E-state index contributed by atoms with van der Waals surface area (Å²) in [6.07, 6.45) is 0.910. The van der Waals surface area contributed by atoms with Gasteiger partial charge in [0.2, 0.25) is 12.4 Å². The van der Waals surface area contributed by atoms with Crippen molar-refractivity contribution in [2.75, 3.05) is 36.4 Å². The van der Waals surface area contributed by atoms with Crippen LogP contribution < -0.4 is 10.2 Å². The van der Waals surface area contributed by atoms with E-state index in [1.165, 1.54) is 11.1 Å². The maximum absolute atomic E-state index is 11.0. The van der Waals surface area contributed by atoms with Crippen molar-refractivity contribution in [2.45, 2.75) is 13.5 Å². The van der Waals surface area contributed by atoms with Gasteiger partial charge in [0, 0.05) is 44.4 Å². The van der Waals surface area contributed by atoms with E-state index in [-0.39, 0.29) is 0 Å². The monoisotopic (exact) mass is 387 g/mol. The maximum Gasteiger partial charge on any atom is 0.227 e. The lowest BCUT2D eigenvalue weighted by Gasteiger charge is -2.32. The second-order valence-corrected chi connectivity index (χ2v) is 7.28. The smallest absolute Gasteiger partial charge is 0.227 e. The molecule has 29 heavy (non-hydrogen) atoms. The summed E-state index contributed by atoms with van der Waals surface area (Å²) < 4.78 is 0. The topological polar surface area (TPSA) is 61.4 Å². The maximum atomic E-state index is 11.0. The van der Waals surface area contributed by atoms with Crippen molar-refractivity contribution < 1.29 is 4.79 Å². The van der Waals surface area contributed by atoms with E-state index in [2.05, 4.69) is 53.5 Å². The number of piperazine rings is 1. The Bertz CT molecular complexity index is 968. The highest BCUT2D eigenvalue weighted by Crippen LogP contribution is 2.24. The summed E-state index contributed by atoms with van der Waals surface area (Å²) >= 11 is 0. The van der Waals surface area contributed by atoms with Crippen LogP contribution in [0.1, 0.15) is 11.1 Å². The minimum absolute atomic E-state index is 0.689. The fourth-order valence-corrected chi connectivity index (χ4v) is 3.47. The van der Waals surface area contributed by atoms with Crippen molar-refractivity contribution in [2.24, 2.45) is 0 Å². The van der Waals surface area contributed by atoms with Crippen LogP contribution in [0.2, 0.25) is 0 Å². The number of nitrogens with zero attached hydrogens (tertiary/aromatic N) is 4. The van der Waals surface area contributed by atoms with Crippen molar-refractivity contribution in [3.8, 4) is 11.3 Å². The highest BCUT2D eigenvalue weighted by molar-refractivity contribution is 5.64. The lowest BCUT2D eigenvalue weighted by Crippen LogP contribution is -2.46.